The van der Waals surface area contributed by atoms with Crippen LogP contribution in [0, 0.1) is 0 Å². The fourth-order valence-corrected chi connectivity index (χ4v) is 3.95. The largest absolute Gasteiger partial charge is 0.333 e. The molecule has 2 saturated heterocycles. The van der Waals surface area contributed by atoms with Gasteiger partial charge in [-0.3, -0.25) is 9.78 Å². The monoisotopic (exact) mass is 294 g/mol. The average molecular weight is 295 g/mol. The minimum atomic E-state index is 0.180. The summed E-state index contributed by atoms with van der Waals surface area (Å²) in [6.07, 6.45) is 7.87. The first-order chi connectivity index (χ1) is 8.25. The van der Waals surface area contributed by atoms with Gasteiger partial charge in [0.2, 0.25) is 0 Å². The fourth-order valence-electron chi connectivity index (χ4n) is 3.09. The molecule has 90 valence electrons. The van der Waals surface area contributed by atoms with Gasteiger partial charge in [-0.25, -0.2) is 0 Å². The summed E-state index contributed by atoms with van der Waals surface area (Å²) in [5, 5.41) is 0. The quantitative estimate of drug-likeness (QED) is 0.746. The zero-order chi connectivity index (χ0) is 11.8. The molecule has 0 saturated carbocycles. The Balaban J connectivity index is 1.84. The Morgan fingerprint density at radius 3 is 2.41 bits per heavy atom. The highest BCUT2D eigenvalue weighted by molar-refractivity contribution is 9.09. The molecule has 2 unspecified atom stereocenters. The lowest BCUT2D eigenvalue weighted by molar-refractivity contribution is 0.0603. The first-order valence-corrected chi connectivity index (χ1v) is 7.04. The molecule has 0 aromatic carbocycles. The molecule has 1 aromatic rings. The smallest absolute Gasteiger partial charge is 0.254 e. The molecule has 3 nitrogen and oxygen atoms in total. The van der Waals surface area contributed by atoms with Gasteiger partial charge in [0.25, 0.3) is 5.91 Å². The van der Waals surface area contributed by atoms with Crippen molar-refractivity contribution in [3.8, 4) is 0 Å². The van der Waals surface area contributed by atoms with Gasteiger partial charge in [0.1, 0.15) is 0 Å². The van der Waals surface area contributed by atoms with Crippen molar-refractivity contribution in [2.45, 2.75) is 42.6 Å². The Labute approximate surface area is 109 Å². The van der Waals surface area contributed by atoms with Crippen LogP contribution in [0.5, 0.6) is 0 Å². The topological polar surface area (TPSA) is 33.2 Å². The number of halogens is 1. The van der Waals surface area contributed by atoms with Crippen molar-refractivity contribution in [1.29, 1.82) is 0 Å². The highest BCUT2D eigenvalue weighted by atomic mass is 79.9. The normalized spacial score (nSPS) is 31.6. The van der Waals surface area contributed by atoms with E-state index >= 15 is 0 Å². The molecular formula is C13H15BrN2O. The number of carbonyl (C=O) groups is 1. The molecule has 2 fully saturated rings. The third kappa shape index (κ3) is 1.99. The van der Waals surface area contributed by atoms with E-state index in [2.05, 4.69) is 25.8 Å². The summed E-state index contributed by atoms with van der Waals surface area (Å²) in [5.41, 5.74) is 0.768. The molecule has 3 heterocycles. The zero-order valence-electron chi connectivity index (χ0n) is 9.55. The second kappa shape index (κ2) is 4.41. The Bertz CT molecular complexity index is 409. The summed E-state index contributed by atoms with van der Waals surface area (Å²) in [6, 6.07) is 4.47. The number of carbonyl (C=O) groups excluding carboxylic acids is 1. The number of rotatable bonds is 1. The molecule has 17 heavy (non-hydrogen) atoms. The van der Waals surface area contributed by atoms with Crippen LogP contribution in [0.3, 0.4) is 0 Å². The van der Waals surface area contributed by atoms with Gasteiger partial charge in [-0.2, -0.15) is 0 Å². The zero-order valence-corrected chi connectivity index (χ0v) is 11.1. The highest BCUT2D eigenvalue weighted by Crippen LogP contribution is 2.39. The number of fused-ring (bicyclic) bond motifs is 2. The lowest BCUT2D eigenvalue weighted by Crippen LogP contribution is -2.46. The van der Waals surface area contributed by atoms with Gasteiger partial charge < -0.3 is 4.90 Å². The summed E-state index contributed by atoms with van der Waals surface area (Å²) < 4.78 is 0. The molecule has 2 atom stereocenters. The molecule has 3 rings (SSSR count). The van der Waals surface area contributed by atoms with E-state index in [1.807, 2.05) is 12.1 Å². The summed E-state index contributed by atoms with van der Waals surface area (Å²) >= 11 is 3.69. The second-order valence-corrected chi connectivity index (χ2v) is 6.20. The van der Waals surface area contributed by atoms with Gasteiger partial charge in [-0.15, -0.1) is 0 Å². The maximum absolute atomic E-state index is 12.5. The van der Waals surface area contributed by atoms with E-state index < -0.39 is 0 Å². The van der Waals surface area contributed by atoms with Crippen LogP contribution in [0.25, 0.3) is 0 Å². The molecule has 2 bridgehead atoms. The van der Waals surface area contributed by atoms with Crippen LogP contribution in [0.4, 0.5) is 0 Å². The molecule has 4 heteroatoms. The Hall–Kier alpha value is -0.900. The molecule has 2 aliphatic rings. The van der Waals surface area contributed by atoms with Crippen molar-refractivity contribution >= 4 is 21.8 Å². The number of hydrogen-bond acceptors (Lipinski definition) is 2. The van der Waals surface area contributed by atoms with Crippen LogP contribution < -0.4 is 0 Å². The predicted octanol–water partition coefficient (Wildman–Crippen LogP) is 2.61. The number of hydrogen-bond donors (Lipinski definition) is 0. The first kappa shape index (κ1) is 11.2. The predicted molar refractivity (Wildman–Crippen MR) is 69.2 cm³/mol. The molecule has 1 aromatic heterocycles. The molecule has 0 spiro atoms. The second-order valence-electron chi connectivity index (χ2n) is 4.90. The third-order valence-corrected chi connectivity index (χ3v) is 4.58. The first-order valence-electron chi connectivity index (χ1n) is 6.12. The summed E-state index contributed by atoms with van der Waals surface area (Å²) in [4.78, 5) is 19.1. The van der Waals surface area contributed by atoms with Crippen LogP contribution in [-0.4, -0.2) is 32.7 Å². The van der Waals surface area contributed by atoms with Crippen molar-refractivity contribution in [3.05, 3.63) is 30.1 Å². The summed E-state index contributed by atoms with van der Waals surface area (Å²) in [7, 11) is 0. The standard InChI is InChI=1S/C13H15BrN2O/c14-10-7-11-1-2-12(8-10)16(11)13(17)9-3-5-15-6-4-9/h3-6,10-12H,1-2,7-8H2. The number of alkyl halides is 1. The van der Waals surface area contributed by atoms with Crippen molar-refractivity contribution in [3.63, 3.8) is 0 Å². The van der Waals surface area contributed by atoms with Crippen LogP contribution >= 0.6 is 15.9 Å². The van der Waals surface area contributed by atoms with Gasteiger partial charge in [0, 0.05) is 34.9 Å². The van der Waals surface area contributed by atoms with E-state index in [1.165, 1.54) is 0 Å². The average Bonchev–Trinajstić information content (AvgIpc) is 2.62. The number of aromatic nitrogens is 1. The molecular weight excluding hydrogens is 280 g/mol. The SMILES string of the molecule is O=C(c1ccncc1)N1C2CCC1CC(Br)C2. The Morgan fingerprint density at radius 1 is 1.24 bits per heavy atom. The van der Waals surface area contributed by atoms with Crippen molar-refractivity contribution in [1.82, 2.24) is 9.88 Å². The van der Waals surface area contributed by atoms with Crippen LogP contribution in [0.15, 0.2) is 24.5 Å². The molecule has 1 amide bonds. The number of piperidine rings is 1. The Kier molecular flexibility index (Phi) is 2.90. The van der Waals surface area contributed by atoms with E-state index in [-0.39, 0.29) is 5.91 Å². The fraction of sp³-hybridized carbons (Fsp3) is 0.538. The lowest BCUT2D eigenvalue weighted by atomic mass is 10.0. The van der Waals surface area contributed by atoms with Crippen molar-refractivity contribution in [2.75, 3.05) is 0 Å². The molecule has 0 radical (unpaired) electrons. The van der Waals surface area contributed by atoms with Crippen molar-refractivity contribution in [2.24, 2.45) is 0 Å². The number of amides is 1. The van der Waals surface area contributed by atoms with E-state index in [0.29, 0.717) is 16.9 Å². The van der Waals surface area contributed by atoms with E-state index in [0.717, 1.165) is 31.2 Å². The summed E-state index contributed by atoms with van der Waals surface area (Å²) in [6.45, 7) is 0. The van der Waals surface area contributed by atoms with Gasteiger partial charge >= 0.3 is 0 Å². The maximum Gasteiger partial charge on any atom is 0.254 e. The van der Waals surface area contributed by atoms with Gasteiger partial charge in [-0.05, 0) is 37.8 Å². The van der Waals surface area contributed by atoms with Crippen LogP contribution in [-0.2, 0) is 0 Å². The van der Waals surface area contributed by atoms with E-state index in [1.54, 1.807) is 12.4 Å². The number of pyridine rings is 1. The van der Waals surface area contributed by atoms with Crippen molar-refractivity contribution < 1.29 is 4.79 Å². The van der Waals surface area contributed by atoms with E-state index in [9.17, 15) is 4.79 Å². The van der Waals surface area contributed by atoms with Gasteiger partial charge in [0.15, 0.2) is 0 Å². The van der Waals surface area contributed by atoms with E-state index in [4.69, 9.17) is 0 Å². The van der Waals surface area contributed by atoms with Crippen LogP contribution in [0.2, 0.25) is 0 Å². The van der Waals surface area contributed by atoms with Crippen LogP contribution in [0.1, 0.15) is 36.0 Å². The number of nitrogens with zero attached hydrogens (tertiary/aromatic N) is 2. The Morgan fingerprint density at radius 2 is 1.82 bits per heavy atom. The van der Waals surface area contributed by atoms with Gasteiger partial charge in [-0.1, -0.05) is 15.9 Å². The molecule has 0 N–H and O–H groups in total. The molecule has 2 aliphatic heterocycles. The molecule has 0 aliphatic carbocycles. The van der Waals surface area contributed by atoms with Gasteiger partial charge in [0.05, 0.1) is 0 Å². The summed E-state index contributed by atoms with van der Waals surface area (Å²) in [5.74, 6) is 0.180. The minimum Gasteiger partial charge on any atom is -0.333 e. The maximum atomic E-state index is 12.5. The third-order valence-electron chi connectivity index (χ3n) is 3.84. The highest BCUT2D eigenvalue weighted by Gasteiger charge is 2.42. The minimum absolute atomic E-state index is 0.180. The lowest BCUT2D eigenvalue weighted by Gasteiger charge is -2.37.